The minimum absolute atomic E-state index is 0.0590. The zero-order chi connectivity index (χ0) is 25.1. The average Bonchev–Trinajstić information content (AvgIpc) is 3.20. The van der Waals surface area contributed by atoms with Crippen molar-refractivity contribution in [2.45, 2.75) is 64.4 Å². The lowest BCUT2D eigenvalue weighted by atomic mass is 10.1. The Labute approximate surface area is 208 Å². The number of imide groups is 1. The summed E-state index contributed by atoms with van der Waals surface area (Å²) in [6.07, 6.45) is 0.744. The molecule has 34 heavy (non-hydrogen) atoms. The van der Waals surface area contributed by atoms with Crippen molar-refractivity contribution in [3.05, 3.63) is 46.6 Å². The summed E-state index contributed by atoms with van der Waals surface area (Å²) in [5.74, 6) is -0.528. The highest BCUT2D eigenvalue weighted by Gasteiger charge is 2.38. The predicted octanol–water partition coefficient (Wildman–Crippen LogP) is 3.31. The fraction of sp³-hybridized carbons (Fsp3) is 0.522. The second-order valence-corrected chi connectivity index (χ2v) is 9.56. The van der Waals surface area contributed by atoms with Crippen LogP contribution in [0.15, 0.2) is 41.0 Å². The number of hydrogen-bond donors (Lipinski definition) is 3. The number of ether oxygens (including phenoxy) is 2. The van der Waals surface area contributed by atoms with Crippen LogP contribution in [0.2, 0.25) is 0 Å². The van der Waals surface area contributed by atoms with Crippen LogP contribution in [0, 0.1) is 0 Å². The predicted molar refractivity (Wildman–Crippen MR) is 129 cm³/mol. The van der Waals surface area contributed by atoms with Gasteiger partial charge in [-0.3, -0.25) is 15.1 Å². The van der Waals surface area contributed by atoms with Gasteiger partial charge in [0, 0.05) is 0 Å². The van der Waals surface area contributed by atoms with E-state index in [0.29, 0.717) is 24.0 Å². The lowest BCUT2D eigenvalue weighted by Crippen LogP contribution is -2.54. The van der Waals surface area contributed by atoms with Crippen LogP contribution in [0.4, 0.5) is 9.59 Å². The van der Waals surface area contributed by atoms with E-state index in [1.165, 1.54) is 0 Å². The van der Waals surface area contributed by atoms with Crippen molar-refractivity contribution in [1.29, 1.82) is 0 Å². The first-order valence-electron chi connectivity index (χ1n) is 11.1. The molecule has 1 aromatic rings. The smallest absolute Gasteiger partial charge is 0.420 e. The van der Waals surface area contributed by atoms with Gasteiger partial charge in [0.15, 0.2) is 0 Å². The molecule has 0 fully saturated rings. The second kappa shape index (κ2) is 13.3. The molecule has 188 valence electrons. The topological polar surface area (TPSA) is 132 Å². The van der Waals surface area contributed by atoms with E-state index in [9.17, 15) is 14.4 Å². The van der Waals surface area contributed by atoms with E-state index < -0.39 is 35.8 Å². The molecule has 0 aromatic heterocycles. The molecule has 1 aromatic carbocycles. The van der Waals surface area contributed by atoms with E-state index in [0.717, 1.165) is 10.5 Å². The largest absolute Gasteiger partial charge is 0.444 e. The van der Waals surface area contributed by atoms with Gasteiger partial charge in [0.1, 0.15) is 29.0 Å². The van der Waals surface area contributed by atoms with Gasteiger partial charge in [-0.05, 0) is 74.1 Å². The molecular weight excluding hydrogens is 508 g/mol. The van der Waals surface area contributed by atoms with E-state index >= 15 is 0 Å². The standard InChI is InChI=1S/C23H33BrN4O6/c1-23(2,3)33-22(31)28(21(30)32-15-16-9-5-4-6-10-16)18(11-7-8-12-25)20(29)26-14-17-13-19(24)27-34-17/h4-6,9-10,13,17-18,27H,7-8,11-12,14-15,25H2,1-3H3,(H,26,29)/t17?,18-/m0/s1. The normalized spacial score (nSPS) is 16.1. The van der Waals surface area contributed by atoms with E-state index in [1.54, 1.807) is 39.0 Å². The minimum Gasteiger partial charge on any atom is -0.444 e. The molecule has 2 atom stereocenters. The summed E-state index contributed by atoms with van der Waals surface area (Å²) >= 11 is 3.25. The number of nitrogens with two attached hydrogens (primary N) is 1. The van der Waals surface area contributed by atoms with Gasteiger partial charge in [-0.1, -0.05) is 30.3 Å². The number of unbranched alkanes of at least 4 members (excludes halogenated alkanes) is 1. The Kier molecular flexibility index (Phi) is 10.8. The van der Waals surface area contributed by atoms with E-state index in [-0.39, 0.29) is 19.6 Å². The number of carbonyl (C=O) groups is 3. The van der Waals surface area contributed by atoms with Gasteiger partial charge in [0.2, 0.25) is 5.91 Å². The Morgan fingerprint density at radius 2 is 1.91 bits per heavy atom. The maximum Gasteiger partial charge on any atom is 0.420 e. The first-order valence-corrected chi connectivity index (χ1v) is 11.9. The third-order valence-corrected chi connectivity index (χ3v) is 5.08. The maximum absolute atomic E-state index is 13.2. The third-order valence-electron chi connectivity index (χ3n) is 4.66. The number of nitrogens with zero attached hydrogens (tertiary/aromatic N) is 1. The van der Waals surface area contributed by atoms with Gasteiger partial charge < -0.3 is 20.5 Å². The van der Waals surface area contributed by atoms with Crippen molar-refractivity contribution in [2.24, 2.45) is 5.73 Å². The van der Waals surface area contributed by atoms with Crippen molar-refractivity contribution in [2.75, 3.05) is 13.1 Å². The number of hydrogen-bond acceptors (Lipinski definition) is 8. The average molecular weight is 541 g/mol. The molecule has 3 amide bonds. The van der Waals surface area contributed by atoms with Crippen LogP contribution in [0.5, 0.6) is 0 Å². The van der Waals surface area contributed by atoms with Crippen LogP contribution in [0.1, 0.15) is 45.6 Å². The van der Waals surface area contributed by atoms with Gasteiger partial charge in [-0.2, -0.15) is 4.90 Å². The Morgan fingerprint density at radius 1 is 1.21 bits per heavy atom. The molecule has 0 saturated heterocycles. The fourth-order valence-corrected chi connectivity index (χ4v) is 3.46. The Morgan fingerprint density at radius 3 is 2.50 bits per heavy atom. The number of nitrogens with one attached hydrogen (secondary N) is 2. The quantitative estimate of drug-likeness (QED) is 0.304. The first-order chi connectivity index (χ1) is 16.1. The molecule has 4 N–H and O–H groups in total. The number of rotatable bonds is 10. The van der Waals surface area contributed by atoms with Crippen LogP contribution < -0.4 is 16.5 Å². The second-order valence-electron chi connectivity index (χ2n) is 8.71. The van der Waals surface area contributed by atoms with Crippen molar-refractivity contribution >= 4 is 34.0 Å². The summed E-state index contributed by atoms with van der Waals surface area (Å²) in [6, 6.07) is 7.89. The lowest BCUT2D eigenvalue weighted by Gasteiger charge is -2.31. The molecule has 0 aliphatic carbocycles. The lowest BCUT2D eigenvalue weighted by molar-refractivity contribution is -0.127. The van der Waals surface area contributed by atoms with Gasteiger partial charge in [0.05, 0.1) is 6.54 Å². The summed E-state index contributed by atoms with van der Waals surface area (Å²) in [4.78, 5) is 45.3. The molecule has 1 heterocycles. The highest BCUT2D eigenvalue weighted by Crippen LogP contribution is 2.18. The summed E-state index contributed by atoms with van der Waals surface area (Å²) in [5, 5.41) is 2.74. The highest BCUT2D eigenvalue weighted by atomic mass is 79.9. The molecule has 0 spiro atoms. The first kappa shape index (κ1) is 27.6. The van der Waals surface area contributed by atoms with Crippen LogP contribution in [-0.4, -0.2) is 53.8 Å². The van der Waals surface area contributed by atoms with Gasteiger partial charge in [-0.25, -0.2) is 9.59 Å². The Bertz CT molecular complexity index is 859. The van der Waals surface area contributed by atoms with Crippen molar-refractivity contribution in [3.63, 3.8) is 0 Å². The molecule has 1 aliphatic rings. The SMILES string of the molecule is CC(C)(C)OC(=O)N(C(=O)OCc1ccccc1)[C@@H](CCCCN)C(=O)NCC1C=C(Br)NO1. The van der Waals surface area contributed by atoms with Crippen LogP contribution in [-0.2, 0) is 25.7 Å². The third kappa shape index (κ3) is 9.32. The fourth-order valence-electron chi connectivity index (χ4n) is 3.07. The number of benzene rings is 1. The summed E-state index contributed by atoms with van der Waals surface area (Å²) in [6.45, 7) is 5.52. The summed E-state index contributed by atoms with van der Waals surface area (Å²) < 4.78 is 11.5. The molecule has 0 radical (unpaired) electrons. The number of amides is 3. The molecule has 2 rings (SSSR count). The summed E-state index contributed by atoms with van der Waals surface area (Å²) in [7, 11) is 0. The molecule has 0 bridgehead atoms. The number of hydroxylamine groups is 1. The van der Waals surface area contributed by atoms with Crippen molar-refractivity contribution in [3.8, 4) is 0 Å². The molecule has 0 saturated carbocycles. The highest BCUT2D eigenvalue weighted by molar-refractivity contribution is 9.11. The monoisotopic (exact) mass is 540 g/mol. The maximum atomic E-state index is 13.2. The molecular formula is C23H33BrN4O6. The Balaban J connectivity index is 2.21. The van der Waals surface area contributed by atoms with Gasteiger partial charge in [0.25, 0.3) is 0 Å². The molecule has 1 unspecified atom stereocenters. The van der Waals surface area contributed by atoms with Gasteiger partial charge >= 0.3 is 12.2 Å². The van der Waals surface area contributed by atoms with Crippen LogP contribution in [0.3, 0.4) is 0 Å². The Hall–Kier alpha value is -2.63. The van der Waals surface area contributed by atoms with E-state index in [4.69, 9.17) is 20.0 Å². The molecule has 10 nitrogen and oxygen atoms in total. The number of carbonyl (C=O) groups excluding carboxylic acids is 3. The van der Waals surface area contributed by atoms with Crippen molar-refractivity contribution < 1.29 is 28.7 Å². The number of halogens is 1. The van der Waals surface area contributed by atoms with Gasteiger partial charge in [-0.15, -0.1) is 0 Å². The molecule has 1 aliphatic heterocycles. The van der Waals surface area contributed by atoms with Crippen molar-refractivity contribution in [1.82, 2.24) is 15.7 Å². The van der Waals surface area contributed by atoms with E-state index in [1.807, 2.05) is 18.2 Å². The zero-order valence-electron chi connectivity index (χ0n) is 19.7. The zero-order valence-corrected chi connectivity index (χ0v) is 21.3. The minimum atomic E-state index is -1.15. The summed E-state index contributed by atoms with van der Waals surface area (Å²) in [5.41, 5.74) is 8.10. The molecule has 11 heteroatoms. The van der Waals surface area contributed by atoms with Crippen LogP contribution in [0.25, 0.3) is 0 Å². The van der Waals surface area contributed by atoms with E-state index in [2.05, 4.69) is 26.7 Å². The van der Waals surface area contributed by atoms with Crippen LogP contribution >= 0.6 is 15.9 Å².